The largest absolute Gasteiger partial charge is 0.480 e. The topological polar surface area (TPSA) is 102 Å². The third-order valence-electron chi connectivity index (χ3n) is 2.42. The van der Waals surface area contributed by atoms with Crippen LogP contribution >= 0.6 is 0 Å². The first-order valence-electron chi connectivity index (χ1n) is 5.42. The molecule has 0 saturated heterocycles. The Bertz CT molecular complexity index is 361. The number of allylic oxidation sites excluding steroid dienone is 1. The highest BCUT2D eigenvalue weighted by Crippen LogP contribution is 2.19. The van der Waals surface area contributed by atoms with Crippen molar-refractivity contribution in [1.82, 2.24) is 0 Å². The van der Waals surface area contributed by atoms with Crippen LogP contribution in [0.5, 0.6) is 0 Å². The van der Waals surface area contributed by atoms with Gasteiger partial charge in [0.15, 0.2) is 0 Å². The minimum absolute atomic E-state index is 0.122. The van der Waals surface area contributed by atoms with Crippen LogP contribution in [0.3, 0.4) is 0 Å². The second-order valence-corrected chi connectivity index (χ2v) is 4.32. The Morgan fingerprint density at radius 2 is 2.06 bits per heavy atom. The van der Waals surface area contributed by atoms with E-state index in [4.69, 9.17) is 16.6 Å². The van der Waals surface area contributed by atoms with Gasteiger partial charge in [0.2, 0.25) is 0 Å². The van der Waals surface area contributed by atoms with Crippen LogP contribution in [0.15, 0.2) is 16.4 Å². The van der Waals surface area contributed by atoms with Crippen molar-refractivity contribution < 1.29 is 18.7 Å². The number of nitrogens with zero attached hydrogens (tertiary/aromatic N) is 1. The van der Waals surface area contributed by atoms with E-state index in [-0.39, 0.29) is 30.8 Å². The molecule has 18 heavy (non-hydrogen) atoms. The summed E-state index contributed by atoms with van der Waals surface area (Å²) in [6, 6.07) is 0. The monoisotopic (exact) mass is 263 g/mol. The fraction of sp³-hybridized carbons (Fsp3) is 0.636. The molecule has 0 bridgehead atoms. The first-order chi connectivity index (χ1) is 8.20. The third kappa shape index (κ3) is 5.72. The summed E-state index contributed by atoms with van der Waals surface area (Å²) in [5, 5.41) is 8.75. The van der Waals surface area contributed by atoms with Crippen molar-refractivity contribution in [3.63, 3.8) is 0 Å². The summed E-state index contributed by atoms with van der Waals surface area (Å²) in [4.78, 5) is 14.4. The number of carbonyl (C=O) groups is 1. The van der Waals surface area contributed by atoms with Crippen LogP contribution in [0.25, 0.3) is 0 Å². The lowest BCUT2D eigenvalue weighted by atomic mass is 9.96. The van der Waals surface area contributed by atoms with Gasteiger partial charge in [-0.15, -0.1) is 0 Å². The molecular weight excluding hydrogens is 244 g/mol. The Morgan fingerprint density at radius 3 is 2.44 bits per heavy atom. The second kappa shape index (κ2) is 7.05. The maximum atomic E-state index is 13.6. The van der Waals surface area contributed by atoms with Crippen LogP contribution in [0.4, 0.5) is 8.78 Å². The molecular formula is C11H19F2N3O2. The predicted molar refractivity (Wildman–Crippen MR) is 65.7 cm³/mol. The quantitative estimate of drug-likeness (QED) is 0.473. The number of amidine groups is 1. The molecule has 0 aromatic carbocycles. The van der Waals surface area contributed by atoms with Crippen LogP contribution in [-0.4, -0.2) is 35.7 Å². The average Bonchev–Trinajstić information content (AvgIpc) is 2.26. The highest BCUT2D eigenvalue weighted by atomic mass is 19.1. The molecule has 1 atom stereocenters. The van der Waals surface area contributed by atoms with Gasteiger partial charge in [-0.25, -0.2) is 8.78 Å². The summed E-state index contributed by atoms with van der Waals surface area (Å²) in [7, 11) is 0. The van der Waals surface area contributed by atoms with Crippen LogP contribution in [0, 0.1) is 0 Å². The van der Waals surface area contributed by atoms with E-state index in [0.717, 1.165) is 0 Å². The fourth-order valence-electron chi connectivity index (χ4n) is 1.07. The number of aliphatic imine (C=N–C) groups is 1. The molecule has 0 saturated carbocycles. The summed E-state index contributed by atoms with van der Waals surface area (Å²) < 4.78 is 26.2. The van der Waals surface area contributed by atoms with E-state index in [2.05, 4.69) is 4.99 Å². The third-order valence-corrected chi connectivity index (χ3v) is 2.42. The summed E-state index contributed by atoms with van der Waals surface area (Å²) in [5.41, 5.74) is 9.03. The van der Waals surface area contributed by atoms with E-state index in [1.54, 1.807) is 0 Å². The molecule has 5 nitrogen and oxygen atoms in total. The number of hydrogen-bond acceptors (Lipinski definition) is 3. The van der Waals surface area contributed by atoms with Crippen molar-refractivity contribution in [1.29, 1.82) is 0 Å². The highest BCUT2D eigenvalue weighted by molar-refractivity contribution is 5.78. The van der Waals surface area contributed by atoms with Crippen LogP contribution in [0.2, 0.25) is 0 Å². The zero-order valence-corrected chi connectivity index (χ0v) is 10.5. The Morgan fingerprint density at radius 1 is 1.50 bits per heavy atom. The van der Waals surface area contributed by atoms with Crippen molar-refractivity contribution in [2.75, 3.05) is 13.2 Å². The fourth-order valence-corrected chi connectivity index (χ4v) is 1.07. The molecule has 0 heterocycles. The van der Waals surface area contributed by atoms with E-state index in [1.165, 1.54) is 13.8 Å². The van der Waals surface area contributed by atoms with Crippen LogP contribution < -0.4 is 11.5 Å². The number of aliphatic carboxylic acids is 1. The van der Waals surface area contributed by atoms with Gasteiger partial charge in [-0.1, -0.05) is 0 Å². The molecule has 0 unspecified atom stereocenters. The molecule has 104 valence electrons. The Kier molecular flexibility index (Phi) is 6.46. The Labute approximate surface area is 105 Å². The summed E-state index contributed by atoms with van der Waals surface area (Å²) >= 11 is 0. The standard InChI is InChI=1S/C11H19F2N3O2/c1-7(14)16-6-8(5-12)9(13)3-4-11(2,15)10(17)18/h3-6,15H2,1-2H3,(H2,14,16)(H,17,18)/b9-8+/t11-/m0/s1. The van der Waals surface area contributed by atoms with Gasteiger partial charge >= 0.3 is 5.97 Å². The molecule has 0 aromatic heterocycles. The number of carboxylic acid groups (broad SMARTS) is 1. The van der Waals surface area contributed by atoms with Gasteiger partial charge in [-0.05, 0) is 20.3 Å². The number of halogens is 2. The molecule has 7 heteroatoms. The number of nitrogens with two attached hydrogens (primary N) is 2. The predicted octanol–water partition coefficient (Wildman–Crippen LogP) is 1.14. The Hall–Kier alpha value is -1.50. The SMILES string of the molecule is CC(N)=NC/C(CF)=C(/F)CC[C@](C)(N)C(=O)O. The van der Waals surface area contributed by atoms with Gasteiger partial charge < -0.3 is 16.6 Å². The van der Waals surface area contributed by atoms with E-state index in [1.807, 2.05) is 0 Å². The lowest BCUT2D eigenvalue weighted by Crippen LogP contribution is -2.44. The lowest BCUT2D eigenvalue weighted by molar-refractivity contribution is -0.142. The molecule has 0 spiro atoms. The van der Waals surface area contributed by atoms with Crippen molar-refractivity contribution >= 4 is 11.8 Å². The van der Waals surface area contributed by atoms with Crippen molar-refractivity contribution in [3.8, 4) is 0 Å². The first-order valence-corrected chi connectivity index (χ1v) is 5.42. The molecule has 0 aliphatic rings. The number of rotatable bonds is 7. The van der Waals surface area contributed by atoms with Gasteiger partial charge in [0, 0.05) is 12.0 Å². The van der Waals surface area contributed by atoms with Gasteiger partial charge in [-0.2, -0.15) is 0 Å². The van der Waals surface area contributed by atoms with Crippen molar-refractivity contribution in [2.45, 2.75) is 32.2 Å². The van der Waals surface area contributed by atoms with E-state index >= 15 is 0 Å². The minimum atomic E-state index is -1.54. The van der Waals surface area contributed by atoms with Crippen molar-refractivity contribution in [2.24, 2.45) is 16.5 Å². The normalized spacial score (nSPS) is 17.1. The van der Waals surface area contributed by atoms with Crippen LogP contribution in [0.1, 0.15) is 26.7 Å². The zero-order valence-electron chi connectivity index (χ0n) is 10.5. The zero-order chi connectivity index (χ0) is 14.3. The summed E-state index contributed by atoms with van der Waals surface area (Å²) in [6.45, 7) is 1.63. The van der Waals surface area contributed by atoms with Gasteiger partial charge in [0.25, 0.3) is 0 Å². The molecule has 0 rings (SSSR count). The van der Waals surface area contributed by atoms with Crippen molar-refractivity contribution in [3.05, 3.63) is 11.4 Å². The molecule has 0 amide bonds. The Balaban J connectivity index is 4.64. The lowest BCUT2D eigenvalue weighted by Gasteiger charge is -2.18. The molecule has 5 N–H and O–H groups in total. The number of alkyl halides is 1. The smallest absolute Gasteiger partial charge is 0.323 e. The second-order valence-electron chi connectivity index (χ2n) is 4.32. The summed E-state index contributed by atoms with van der Waals surface area (Å²) in [5.74, 6) is -1.73. The van der Waals surface area contributed by atoms with Gasteiger partial charge in [0.05, 0.1) is 12.4 Å². The number of carboxylic acids is 1. The minimum Gasteiger partial charge on any atom is -0.480 e. The van der Waals surface area contributed by atoms with E-state index < -0.39 is 24.0 Å². The molecule has 0 aliphatic heterocycles. The van der Waals surface area contributed by atoms with E-state index in [0.29, 0.717) is 0 Å². The van der Waals surface area contributed by atoms with Crippen LogP contribution in [-0.2, 0) is 4.79 Å². The molecule has 0 fully saturated rings. The first kappa shape index (κ1) is 16.5. The average molecular weight is 263 g/mol. The molecule has 0 aromatic rings. The molecule has 0 radical (unpaired) electrons. The summed E-state index contributed by atoms with van der Waals surface area (Å²) in [6.07, 6.45) is -0.360. The molecule has 0 aliphatic carbocycles. The maximum absolute atomic E-state index is 13.6. The number of hydrogen-bond donors (Lipinski definition) is 3. The maximum Gasteiger partial charge on any atom is 0.323 e. The van der Waals surface area contributed by atoms with E-state index in [9.17, 15) is 13.6 Å². The van der Waals surface area contributed by atoms with Gasteiger partial charge in [-0.3, -0.25) is 9.79 Å². The highest BCUT2D eigenvalue weighted by Gasteiger charge is 2.28. The van der Waals surface area contributed by atoms with Gasteiger partial charge in [0.1, 0.15) is 18.0 Å².